The maximum absolute atomic E-state index is 10.0. The van der Waals surface area contributed by atoms with Gasteiger partial charge in [0.1, 0.15) is 6.29 Å². The van der Waals surface area contributed by atoms with Gasteiger partial charge in [0.25, 0.3) is 0 Å². The number of halogens is 1. The van der Waals surface area contributed by atoms with Crippen LogP contribution in [0, 0.1) is 0 Å². The SMILES string of the molecule is COC.O=CCc1ccc(Br)cc1. The van der Waals surface area contributed by atoms with Crippen LogP contribution in [-0.2, 0) is 16.0 Å². The molecule has 0 radical (unpaired) electrons. The molecule has 1 rings (SSSR count). The van der Waals surface area contributed by atoms with E-state index < -0.39 is 0 Å². The highest BCUT2D eigenvalue weighted by Gasteiger charge is 1.89. The largest absolute Gasteiger partial charge is 0.388 e. The molecule has 0 bridgehead atoms. The van der Waals surface area contributed by atoms with Crippen LogP contribution in [0.5, 0.6) is 0 Å². The number of rotatable bonds is 2. The lowest BCUT2D eigenvalue weighted by Crippen LogP contribution is -1.83. The second-order valence-electron chi connectivity index (χ2n) is 2.41. The highest BCUT2D eigenvalue weighted by Crippen LogP contribution is 2.09. The fraction of sp³-hybridized carbons (Fsp3) is 0.300. The van der Waals surface area contributed by atoms with Gasteiger partial charge in [-0.1, -0.05) is 28.1 Å². The highest BCUT2D eigenvalue weighted by molar-refractivity contribution is 9.10. The van der Waals surface area contributed by atoms with Crippen LogP contribution in [0.2, 0.25) is 0 Å². The van der Waals surface area contributed by atoms with Gasteiger partial charge in [-0.3, -0.25) is 0 Å². The van der Waals surface area contributed by atoms with E-state index in [1.54, 1.807) is 14.2 Å². The third-order valence-corrected chi connectivity index (χ3v) is 1.76. The lowest BCUT2D eigenvalue weighted by atomic mass is 10.2. The Kier molecular flexibility index (Phi) is 7.54. The van der Waals surface area contributed by atoms with E-state index in [4.69, 9.17) is 0 Å². The molecule has 0 saturated carbocycles. The molecule has 0 atom stereocenters. The van der Waals surface area contributed by atoms with Crippen molar-refractivity contribution >= 4 is 22.2 Å². The maximum Gasteiger partial charge on any atom is 0.124 e. The molecule has 0 aliphatic heterocycles. The van der Waals surface area contributed by atoms with Crippen molar-refractivity contribution in [3.63, 3.8) is 0 Å². The first-order valence-electron chi connectivity index (χ1n) is 3.82. The molecule has 0 N–H and O–H groups in total. The van der Waals surface area contributed by atoms with Gasteiger partial charge in [0.2, 0.25) is 0 Å². The highest BCUT2D eigenvalue weighted by atomic mass is 79.9. The molecule has 0 fully saturated rings. The summed E-state index contributed by atoms with van der Waals surface area (Å²) >= 11 is 3.31. The van der Waals surface area contributed by atoms with E-state index in [9.17, 15) is 4.79 Å². The van der Waals surface area contributed by atoms with Crippen molar-refractivity contribution in [1.29, 1.82) is 0 Å². The Balaban J connectivity index is 0.000000424. The van der Waals surface area contributed by atoms with E-state index in [2.05, 4.69) is 20.7 Å². The van der Waals surface area contributed by atoms with Crippen LogP contribution in [-0.4, -0.2) is 20.5 Å². The van der Waals surface area contributed by atoms with Gasteiger partial charge in [-0.25, -0.2) is 0 Å². The molecule has 3 heteroatoms. The number of methoxy groups -OCH3 is 1. The molecule has 0 aromatic heterocycles. The first-order valence-corrected chi connectivity index (χ1v) is 4.62. The summed E-state index contributed by atoms with van der Waals surface area (Å²) in [6.45, 7) is 0. The molecule has 0 spiro atoms. The number of hydrogen-bond donors (Lipinski definition) is 0. The molecule has 0 aliphatic carbocycles. The van der Waals surface area contributed by atoms with Crippen molar-refractivity contribution in [2.24, 2.45) is 0 Å². The normalized spacial score (nSPS) is 8.54. The number of ether oxygens (including phenoxy) is 1. The van der Waals surface area contributed by atoms with Crippen LogP contribution in [0.15, 0.2) is 28.7 Å². The van der Waals surface area contributed by atoms with Crippen molar-refractivity contribution in [3.05, 3.63) is 34.3 Å². The molecule has 0 aliphatic rings. The van der Waals surface area contributed by atoms with Crippen molar-refractivity contribution in [2.75, 3.05) is 14.2 Å². The van der Waals surface area contributed by atoms with Crippen LogP contribution in [0.4, 0.5) is 0 Å². The summed E-state index contributed by atoms with van der Waals surface area (Å²) in [6.07, 6.45) is 1.41. The van der Waals surface area contributed by atoms with Crippen molar-refractivity contribution in [1.82, 2.24) is 0 Å². The van der Waals surface area contributed by atoms with Crippen molar-refractivity contribution in [2.45, 2.75) is 6.42 Å². The quantitative estimate of drug-likeness (QED) is 0.748. The summed E-state index contributed by atoms with van der Waals surface area (Å²) in [7, 11) is 3.25. The van der Waals surface area contributed by atoms with Gasteiger partial charge in [0.15, 0.2) is 0 Å². The minimum absolute atomic E-state index is 0.507. The first kappa shape index (κ1) is 12.3. The lowest BCUT2D eigenvalue weighted by molar-refractivity contribution is -0.107. The Bertz CT molecular complexity index is 231. The zero-order chi connectivity index (χ0) is 10.1. The summed E-state index contributed by atoms with van der Waals surface area (Å²) in [5.74, 6) is 0. The third kappa shape index (κ3) is 6.49. The van der Waals surface area contributed by atoms with Gasteiger partial charge < -0.3 is 9.53 Å². The molecule has 1 aromatic carbocycles. The summed E-state index contributed by atoms with van der Waals surface area (Å²) in [6, 6.07) is 7.72. The Hall–Kier alpha value is -0.670. The Labute approximate surface area is 87.0 Å². The lowest BCUT2D eigenvalue weighted by Gasteiger charge is -1.92. The van der Waals surface area contributed by atoms with Gasteiger partial charge in [0.05, 0.1) is 0 Å². The monoisotopic (exact) mass is 244 g/mol. The predicted molar refractivity (Wildman–Crippen MR) is 56.8 cm³/mol. The molecule has 0 amide bonds. The third-order valence-electron chi connectivity index (χ3n) is 1.23. The Morgan fingerprint density at radius 2 is 1.77 bits per heavy atom. The minimum Gasteiger partial charge on any atom is -0.388 e. The average Bonchev–Trinajstić information content (AvgIpc) is 2.11. The average molecular weight is 245 g/mol. The molecular formula is C10H13BrO2. The number of hydrogen-bond acceptors (Lipinski definition) is 2. The van der Waals surface area contributed by atoms with Gasteiger partial charge in [-0.15, -0.1) is 0 Å². The van der Waals surface area contributed by atoms with E-state index in [1.807, 2.05) is 24.3 Å². The molecule has 2 nitrogen and oxygen atoms in total. The molecule has 13 heavy (non-hydrogen) atoms. The number of carbonyl (C=O) groups excluding carboxylic acids is 1. The van der Waals surface area contributed by atoms with Gasteiger partial charge in [-0.2, -0.15) is 0 Å². The topological polar surface area (TPSA) is 26.3 Å². The first-order chi connectivity index (χ1) is 6.24. The molecular weight excluding hydrogens is 232 g/mol. The fourth-order valence-electron chi connectivity index (χ4n) is 0.717. The van der Waals surface area contributed by atoms with Crippen LogP contribution in [0.1, 0.15) is 5.56 Å². The van der Waals surface area contributed by atoms with Crippen LogP contribution < -0.4 is 0 Å². The zero-order valence-electron chi connectivity index (χ0n) is 7.79. The summed E-state index contributed by atoms with van der Waals surface area (Å²) in [4.78, 5) is 10.0. The predicted octanol–water partition coefficient (Wildman–Crippen LogP) is 2.45. The molecule has 0 saturated heterocycles. The van der Waals surface area contributed by atoms with Crippen LogP contribution in [0.25, 0.3) is 0 Å². The summed E-state index contributed by atoms with van der Waals surface area (Å²) < 4.78 is 5.29. The smallest absolute Gasteiger partial charge is 0.124 e. The maximum atomic E-state index is 10.0. The van der Waals surface area contributed by atoms with Crippen molar-refractivity contribution in [3.8, 4) is 0 Å². The number of aldehydes is 1. The Morgan fingerprint density at radius 3 is 2.15 bits per heavy atom. The van der Waals surface area contributed by atoms with Gasteiger partial charge in [0, 0.05) is 25.1 Å². The Morgan fingerprint density at radius 1 is 1.31 bits per heavy atom. The van der Waals surface area contributed by atoms with E-state index in [1.165, 1.54) is 0 Å². The summed E-state index contributed by atoms with van der Waals surface area (Å²) in [5.41, 5.74) is 1.05. The molecule has 1 aromatic rings. The van der Waals surface area contributed by atoms with Crippen molar-refractivity contribution < 1.29 is 9.53 Å². The van der Waals surface area contributed by atoms with Gasteiger partial charge >= 0.3 is 0 Å². The molecule has 0 unspecified atom stereocenters. The fourth-order valence-corrected chi connectivity index (χ4v) is 0.981. The zero-order valence-corrected chi connectivity index (χ0v) is 9.37. The standard InChI is InChI=1S/C8H7BrO.C2H6O/c9-8-3-1-7(2-4-8)5-6-10;1-3-2/h1-4,6H,5H2;1-2H3. The molecule has 0 heterocycles. The second-order valence-corrected chi connectivity index (χ2v) is 3.32. The van der Waals surface area contributed by atoms with Crippen LogP contribution in [0.3, 0.4) is 0 Å². The van der Waals surface area contributed by atoms with Crippen LogP contribution >= 0.6 is 15.9 Å². The summed E-state index contributed by atoms with van der Waals surface area (Å²) in [5, 5.41) is 0. The number of benzene rings is 1. The second kappa shape index (κ2) is 7.95. The minimum atomic E-state index is 0.507. The van der Waals surface area contributed by atoms with E-state index in [-0.39, 0.29) is 0 Å². The van der Waals surface area contributed by atoms with E-state index in [0.29, 0.717) is 6.42 Å². The van der Waals surface area contributed by atoms with E-state index in [0.717, 1.165) is 16.3 Å². The van der Waals surface area contributed by atoms with Gasteiger partial charge in [-0.05, 0) is 17.7 Å². The molecule has 72 valence electrons. The number of carbonyl (C=O) groups is 1. The van der Waals surface area contributed by atoms with E-state index >= 15 is 0 Å².